The predicted molar refractivity (Wildman–Crippen MR) is 81.1 cm³/mol. The average molecular weight is 271 g/mol. The number of aryl methyl sites for hydroxylation is 1. The van der Waals surface area contributed by atoms with E-state index in [1.807, 2.05) is 6.07 Å². The van der Waals surface area contributed by atoms with Crippen molar-refractivity contribution >= 4 is 16.7 Å². The fourth-order valence-electron chi connectivity index (χ4n) is 3.00. The van der Waals surface area contributed by atoms with Crippen LogP contribution in [0.4, 0.5) is 5.82 Å². The van der Waals surface area contributed by atoms with Gasteiger partial charge in [-0.2, -0.15) is 0 Å². The van der Waals surface area contributed by atoms with E-state index < -0.39 is 0 Å². The van der Waals surface area contributed by atoms with Gasteiger partial charge in [-0.05, 0) is 38.3 Å². The van der Waals surface area contributed by atoms with Crippen LogP contribution in [0.5, 0.6) is 0 Å². The fourth-order valence-corrected chi connectivity index (χ4v) is 3.00. The molecule has 2 heterocycles. The van der Waals surface area contributed by atoms with Crippen LogP contribution in [-0.2, 0) is 4.74 Å². The molecule has 0 aliphatic carbocycles. The lowest BCUT2D eigenvalue weighted by Crippen LogP contribution is -2.40. The lowest BCUT2D eigenvalue weighted by molar-refractivity contribution is 0.0525. The number of fused-ring (bicyclic) bond motifs is 1. The molecule has 1 aliphatic rings. The molecule has 2 aromatic rings. The number of anilines is 1. The first-order valence-electron chi connectivity index (χ1n) is 7.36. The number of hydrogen-bond acceptors (Lipinski definition) is 4. The van der Waals surface area contributed by atoms with Crippen LogP contribution in [-0.4, -0.2) is 35.8 Å². The molecule has 1 fully saturated rings. The minimum absolute atomic E-state index is 0.322. The van der Waals surface area contributed by atoms with Crippen LogP contribution in [0.3, 0.4) is 0 Å². The van der Waals surface area contributed by atoms with Crippen molar-refractivity contribution < 1.29 is 4.74 Å². The Kier molecular flexibility index (Phi) is 3.83. The SMILES string of the molecule is CCO[C@@H]1CCCN(c2ncnc3cccc(C)c23)C1. The summed E-state index contributed by atoms with van der Waals surface area (Å²) >= 11 is 0. The zero-order chi connectivity index (χ0) is 13.9. The largest absolute Gasteiger partial charge is 0.377 e. The van der Waals surface area contributed by atoms with E-state index in [4.69, 9.17) is 4.74 Å². The van der Waals surface area contributed by atoms with Crippen molar-refractivity contribution in [3.63, 3.8) is 0 Å². The third kappa shape index (κ3) is 2.48. The number of ether oxygens (including phenoxy) is 1. The van der Waals surface area contributed by atoms with Gasteiger partial charge < -0.3 is 9.64 Å². The van der Waals surface area contributed by atoms with Gasteiger partial charge >= 0.3 is 0 Å². The Balaban J connectivity index is 1.97. The van der Waals surface area contributed by atoms with E-state index in [0.717, 1.165) is 43.9 Å². The maximum Gasteiger partial charge on any atom is 0.140 e. The Bertz CT molecular complexity index is 592. The Morgan fingerprint density at radius 3 is 3.10 bits per heavy atom. The molecule has 0 saturated carbocycles. The lowest BCUT2D eigenvalue weighted by atomic mass is 10.1. The van der Waals surface area contributed by atoms with Crippen molar-refractivity contribution in [3.8, 4) is 0 Å². The Morgan fingerprint density at radius 1 is 1.35 bits per heavy atom. The van der Waals surface area contributed by atoms with E-state index in [0.29, 0.717) is 6.10 Å². The first-order valence-corrected chi connectivity index (χ1v) is 7.36. The first kappa shape index (κ1) is 13.3. The molecule has 1 aliphatic heterocycles. The molecule has 3 rings (SSSR count). The summed E-state index contributed by atoms with van der Waals surface area (Å²) in [6.45, 7) is 6.93. The molecule has 20 heavy (non-hydrogen) atoms. The molecule has 0 bridgehead atoms. The highest BCUT2D eigenvalue weighted by molar-refractivity contribution is 5.92. The molecule has 0 radical (unpaired) electrons. The first-order chi connectivity index (χ1) is 9.79. The van der Waals surface area contributed by atoms with Crippen LogP contribution >= 0.6 is 0 Å². The fraction of sp³-hybridized carbons (Fsp3) is 0.500. The van der Waals surface area contributed by atoms with Gasteiger partial charge in [0.1, 0.15) is 12.1 Å². The second kappa shape index (κ2) is 5.75. The van der Waals surface area contributed by atoms with E-state index in [1.165, 1.54) is 10.9 Å². The van der Waals surface area contributed by atoms with Crippen LogP contribution in [0.1, 0.15) is 25.3 Å². The summed E-state index contributed by atoms with van der Waals surface area (Å²) in [4.78, 5) is 11.3. The van der Waals surface area contributed by atoms with Crippen molar-refractivity contribution in [1.29, 1.82) is 0 Å². The normalized spacial score (nSPS) is 19.5. The van der Waals surface area contributed by atoms with Gasteiger partial charge in [-0.15, -0.1) is 0 Å². The van der Waals surface area contributed by atoms with Crippen LogP contribution in [0.2, 0.25) is 0 Å². The zero-order valence-electron chi connectivity index (χ0n) is 12.2. The predicted octanol–water partition coefficient (Wildman–Crippen LogP) is 2.94. The van der Waals surface area contributed by atoms with E-state index in [9.17, 15) is 0 Å². The standard InChI is InChI=1S/C16H21N3O/c1-3-20-13-7-5-9-19(10-13)16-15-12(2)6-4-8-14(15)17-11-18-16/h4,6,8,11,13H,3,5,7,9-10H2,1-2H3/t13-/m1/s1. The summed E-state index contributed by atoms with van der Waals surface area (Å²) in [7, 11) is 0. The molecule has 0 N–H and O–H groups in total. The van der Waals surface area contributed by atoms with Gasteiger partial charge in [0, 0.05) is 25.1 Å². The van der Waals surface area contributed by atoms with Gasteiger partial charge in [0.15, 0.2) is 0 Å². The van der Waals surface area contributed by atoms with E-state index in [2.05, 4.69) is 40.8 Å². The van der Waals surface area contributed by atoms with Gasteiger partial charge in [0.2, 0.25) is 0 Å². The molecular weight excluding hydrogens is 250 g/mol. The van der Waals surface area contributed by atoms with Crippen LogP contribution in [0.15, 0.2) is 24.5 Å². The van der Waals surface area contributed by atoms with Crippen molar-refractivity contribution in [1.82, 2.24) is 9.97 Å². The Hall–Kier alpha value is -1.68. The van der Waals surface area contributed by atoms with Crippen molar-refractivity contribution in [2.24, 2.45) is 0 Å². The molecule has 1 saturated heterocycles. The summed E-state index contributed by atoms with van der Waals surface area (Å²) in [5.41, 5.74) is 2.25. The van der Waals surface area contributed by atoms with E-state index >= 15 is 0 Å². The lowest BCUT2D eigenvalue weighted by Gasteiger charge is -2.34. The molecule has 1 aromatic heterocycles. The second-order valence-corrected chi connectivity index (χ2v) is 5.33. The minimum atomic E-state index is 0.322. The van der Waals surface area contributed by atoms with Gasteiger partial charge in [-0.1, -0.05) is 12.1 Å². The van der Waals surface area contributed by atoms with Crippen molar-refractivity contribution in [3.05, 3.63) is 30.1 Å². The summed E-state index contributed by atoms with van der Waals surface area (Å²) < 4.78 is 5.79. The molecule has 106 valence electrons. The molecule has 4 nitrogen and oxygen atoms in total. The highest BCUT2D eigenvalue weighted by atomic mass is 16.5. The highest BCUT2D eigenvalue weighted by Gasteiger charge is 2.23. The summed E-state index contributed by atoms with van der Waals surface area (Å²) in [6.07, 6.45) is 4.29. The van der Waals surface area contributed by atoms with E-state index in [-0.39, 0.29) is 0 Å². The van der Waals surface area contributed by atoms with Crippen molar-refractivity contribution in [2.45, 2.75) is 32.8 Å². The third-order valence-corrected chi connectivity index (χ3v) is 3.93. The highest BCUT2D eigenvalue weighted by Crippen LogP contribution is 2.28. The number of nitrogens with zero attached hydrogens (tertiary/aromatic N) is 3. The molecular formula is C16H21N3O. The quantitative estimate of drug-likeness (QED) is 0.860. The average Bonchev–Trinajstić information content (AvgIpc) is 2.48. The Labute approximate surface area is 119 Å². The van der Waals surface area contributed by atoms with Gasteiger partial charge in [0.25, 0.3) is 0 Å². The molecule has 1 atom stereocenters. The number of piperidine rings is 1. The molecule has 0 unspecified atom stereocenters. The molecule has 4 heteroatoms. The van der Waals surface area contributed by atoms with Crippen LogP contribution in [0, 0.1) is 6.92 Å². The summed E-state index contributed by atoms with van der Waals surface area (Å²) in [5, 5.41) is 1.17. The van der Waals surface area contributed by atoms with Gasteiger partial charge in [-0.3, -0.25) is 0 Å². The third-order valence-electron chi connectivity index (χ3n) is 3.93. The van der Waals surface area contributed by atoms with Crippen molar-refractivity contribution in [2.75, 3.05) is 24.6 Å². The van der Waals surface area contributed by atoms with Crippen LogP contribution < -0.4 is 4.90 Å². The van der Waals surface area contributed by atoms with Gasteiger partial charge in [-0.25, -0.2) is 9.97 Å². The summed E-state index contributed by atoms with van der Waals surface area (Å²) in [5.74, 6) is 1.05. The number of benzene rings is 1. The molecule has 0 spiro atoms. The summed E-state index contributed by atoms with van der Waals surface area (Å²) in [6, 6.07) is 6.23. The number of aromatic nitrogens is 2. The smallest absolute Gasteiger partial charge is 0.140 e. The Morgan fingerprint density at radius 2 is 2.25 bits per heavy atom. The second-order valence-electron chi connectivity index (χ2n) is 5.33. The molecule has 1 aromatic carbocycles. The minimum Gasteiger partial charge on any atom is -0.377 e. The zero-order valence-corrected chi connectivity index (χ0v) is 12.2. The monoisotopic (exact) mass is 271 g/mol. The number of hydrogen-bond donors (Lipinski definition) is 0. The van der Waals surface area contributed by atoms with E-state index in [1.54, 1.807) is 6.33 Å². The van der Waals surface area contributed by atoms with Crippen LogP contribution in [0.25, 0.3) is 10.9 Å². The maximum absolute atomic E-state index is 5.79. The number of rotatable bonds is 3. The maximum atomic E-state index is 5.79. The molecule has 0 amide bonds. The van der Waals surface area contributed by atoms with Gasteiger partial charge in [0.05, 0.1) is 11.6 Å². The topological polar surface area (TPSA) is 38.2 Å².